The van der Waals surface area contributed by atoms with E-state index in [1.54, 1.807) is 0 Å². The Morgan fingerprint density at radius 1 is 1.30 bits per heavy atom. The number of hydrogen-bond donors (Lipinski definition) is 1. The average molecular weight is 363 g/mol. The Bertz CT molecular complexity index is 927. The Morgan fingerprint density at radius 3 is 2.89 bits per heavy atom. The summed E-state index contributed by atoms with van der Waals surface area (Å²) < 4.78 is 2.17. The third-order valence-corrected chi connectivity index (χ3v) is 5.30. The number of hydrogen-bond acceptors (Lipinski definition) is 3. The molecule has 1 atom stereocenters. The van der Waals surface area contributed by atoms with Crippen LogP contribution in [0.25, 0.3) is 11.4 Å². The number of imidazole rings is 2. The molecule has 3 heterocycles. The highest BCUT2D eigenvalue weighted by atomic mass is 16.2. The normalized spacial score (nSPS) is 17.3. The molecule has 140 valence electrons. The zero-order chi connectivity index (χ0) is 18.8. The first kappa shape index (κ1) is 17.5. The second kappa shape index (κ2) is 7.39. The van der Waals surface area contributed by atoms with Gasteiger partial charge in [0, 0.05) is 49.2 Å². The number of piperidine rings is 1. The number of amides is 1. The molecule has 0 spiro atoms. The minimum Gasteiger partial charge on any atom is -0.341 e. The molecule has 0 unspecified atom stereocenters. The zero-order valence-corrected chi connectivity index (χ0v) is 15.9. The lowest BCUT2D eigenvalue weighted by atomic mass is 9.96. The maximum Gasteiger partial charge on any atom is 0.274 e. The van der Waals surface area contributed by atoms with Crippen molar-refractivity contribution in [3.05, 3.63) is 59.9 Å². The molecule has 0 aliphatic carbocycles. The third kappa shape index (κ3) is 3.39. The number of rotatable bonds is 4. The van der Waals surface area contributed by atoms with Crippen LogP contribution in [0, 0.1) is 6.92 Å². The van der Waals surface area contributed by atoms with Gasteiger partial charge in [-0.25, -0.2) is 9.97 Å². The van der Waals surface area contributed by atoms with E-state index in [0.29, 0.717) is 12.2 Å². The fraction of sp³-hybridized carbons (Fsp3) is 0.381. The summed E-state index contributed by atoms with van der Waals surface area (Å²) in [6.45, 7) is 6.41. The van der Waals surface area contributed by atoms with Crippen LogP contribution in [0.15, 0.2) is 42.7 Å². The van der Waals surface area contributed by atoms with Crippen LogP contribution in [0.3, 0.4) is 0 Å². The predicted molar refractivity (Wildman–Crippen MR) is 105 cm³/mol. The largest absolute Gasteiger partial charge is 0.341 e. The molecule has 1 amide bonds. The van der Waals surface area contributed by atoms with Gasteiger partial charge in [-0.1, -0.05) is 30.3 Å². The Morgan fingerprint density at radius 2 is 2.11 bits per heavy atom. The van der Waals surface area contributed by atoms with E-state index in [4.69, 9.17) is 0 Å². The number of likely N-dealkylation sites (tertiary alicyclic amines) is 1. The fourth-order valence-electron chi connectivity index (χ4n) is 3.87. The molecular weight excluding hydrogens is 338 g/mol. The summed E-state index contributed by atoms with van der Waals surface area (Å²) in [5.41, 5.74) is 2.32. The van der Waals surface area contributed by atoms with Crippen molar-refractivity contribution < 1.29 is 4.79 Å². The first-order chi connectivity index (χ1) is 13.2. The molecule has 3 aromatic rings. The number of aromatic amines is 1. The summed E-state index contributed by atoms with van der Waals surface area (Å²) in [6, 6.07) is 9.90. The van der Waals surface area contributed by atoms with E-state index in [2.05, 4.69) is 26.4 Å². The molecule has 6 nitrogen and oxygen atoms in total. The van der Waals surface area contributed by atoms with Crippen molar-refractivity contribution in [1.29, 1.82) is 0 Å². The summed E-state index contributed by atoms with van der Waals surface area (Å²) in [7, 11) is 0. The van der Waals surface area contributed by atoms with E-state index in [1.165, 1.54) is 0 Å². The van der Waals surface area contributed by atoms with Gasteiger partial charge in [0.2, 0.25) is 0 Å². The van der Waals surface area contributed by atoms with E-state index >= 15 is 0 Å². The lowest BCUT2D eigenvalue weighted by Crippen LogP contribution is -2.40. The van der Waals surface area contributed by atoms with Crippen LogP contribution in [-0.2, 0) is 6.54 Å². The fourth-order valence-corrected chi connectivity index (χ4v) is 3.87. The van der Waals surface area contributed by atoms with Crippen LogP contribution >= 0.6 is 0 Å². The van der Waals surface area contributed by atoms with Gasteiger partial charge in [-0.05, 0) is 26.7 Å². The molecule has 1 aliphatic rings. The molecule has 0 saturated carbocycles. The van der Waals surface area contributed by atoms with Crippen LogP contribution in [0.1, 0.15) is 47.7 Å². The highest BCUT2D eigenvalue weighted by Crippen LogP contribution is 2.27. The second-order valence-electron chi connectivity index (χ2n) is 7.09. The SMILES string of the molecule is CCn1ccnc1[C@@H]1CCCN(C(=O)c2nc(-c3ccccc3)[nH]c2C)C1. The molecule has 2 aromatic heterocycles. The number of H-pyrrole nitrogens is 1. The number of nitrogens with one attached hydrogen (secondary N) is 1. The quantitative estimate of drug-likeness (QED) is 0.770. The Kier molecular flexibility index (Phi) is 4.79. The first-order valence-corrected chi connectivity index (χ1v) is 9.59. The van der Waals surface area contributed by atoms with Crippen molar-refractivity contribution in [1.82, 2.24) is 24.4 Å². The van der Waals surface area contributed by atoms with Crippen molar-refractivity contribution in [2.75, 3.05) is 13.1 Å². The van der Waals surface area contributed by atoms with Crippen molar-refractivity contribution in [2.45, 2.75) is 39.2 Å². The molecule has 0 bridgehead atoms. The minimum absolute atomic E-state index is 0.00485. The summed E-state index contributed by atoms with van der Waals surface area (Å²) in [5.74, 6) is 2.11. The summed E-state index contributed by atoms with van der Waals surface area (Å²) in [4.78, 5) is 27.5. The van der Waals surface area contributed by atoms with Gasteiger partial charge in [0.25, 0.3) is 5.91 Å². The smallest absolute Gasteiger partial charge is 0.274 e. The number of carbonyl (C=O) groups is 1. The van der Waals surface area contributed by atoms with E-state index in [-0.39, 0.29) is 11.8 Å². The zero-order valence-electron chi connectivity index (χ0n) is 15.9. The van der Waals surface area contributed by atoms with Gasteiger partial charge in [0.1, 0.15) is 17.3 Å². The molecule has 1 N–H and O–H groups in total. The molecule has 1 aliphatic heterocycles. The van der Waals surface area contributed by atoms with Crippen molar-refractivity contribution in [3.63, 3.8) is 0 Å². The average Bonchev–Trinajstić information content (AvgIpc) is 3.34. The molecule has 0 radical (unpaired) electrons. The van der Waals surface area contributed by atoms with Crippen LogP contribution in [-0.4, -0.2) is 43.4 Å². The van der Waals surface area contributed by atoms with Gasteiger partial charge in [-0.2, -0.15) is 0 Å². The number of aromatic nitrogens is 4. The number of benzene rings is 1. The highest BCUT2D eigenvalue weighted by Gasteiger charge is 2.29. The number of carbonyl (C=O) groups excluding carboxylic acids is 1. The third-order valence-electron chi connectivity index (χ3n) is 5.30. The standard InChI is InChI=1S/C21H25N5O/c1-3-25-13-11-22-20(25)17-10-7-12-26(14-17)21(27)18-15(2)23-19(24-18)16-8-5-4-6-9-16/h4-6,8-9,11,13,17H,3,7,10,12,14H2,1-2H3,(H,23,24)/t17-/m1/s1. The van der Waals surface area contributed by atoms with Gasteiger partial charge < -0.3 is 14.5 Å². The van der Waals surface area contributed by atoms with Crippen LogP contribution in [0.5, 0.6) is 0 Å². The van der Waals surface area contributed by atoms with Crippen LogP contribution < -0.4 is 0 Å². The van der Waals surface area contributed by atoms with Gasteiger partial charge in [-0.15, -0.1) is 0 Å². The van der Waals surface area contributed by atoms with Gasteiger partial charge in [-0.3, -0.25) is 4.79 Å². The van der Waals surface area contributed by atoms with E-state index in [9.17, 15) is 4.79 Å². The second-order valence-corrected chi connectivity index (χ2v) is 7.09. The van der Waals surface area contributed by atoms with Gasteiger partial charge in [0.15, 0.2) is 0 Å². The van der Waals surface area contributed by atoms with Crippen LogP contribution in [0.2, 0.25) is 0 Å². The maximum atomic E-state index is 13.2. The molecular formula is C21H25N5O. The minimum atomic E-state index is 0.00485. The Hall–Kier alpha value is -2.89. The van der Waals surface area contributed by atoms with Crippen molar-refractivity contribution in [3.8, 4) is 11.4 Å². The molecule has 6 heteroatoms. The van der Waals surface area contributed by atoms with E-state index < -0.39 is 0 Å². The van der Waals surface area contributed by atoms with Crippen molar-refractivity contribution >= 4 is 5.91 Å². The molecule has 27 heavy (non-hydrogen) atoms. The molecule has 4 rings (SSSR count). The van der Waals surface area contributed by atoms with Crippen LogP contribution in [0.4, 0.5) is 0 Å². The first-order valence-electron chi connectivity index (χ1n) is 9.59. The summed E-state index contributed by atoms with van der Waals surface area (Å²) in [5, 5.41) is 0. The Balaban J connectivity index is 1.55. The molecule has 1 fully saturated rings. The number of nitrogens with zero attached hydrogens (tertiary/aromatic N) is 4. The number of aryl methyl sites for hydroxylation is 2. The maximum absolute atomic E-state index is 13.2. The molecule has 1 aromatic carbocycles. The van der Waals surface area contributed by atoms with Gasteiger partial charge >= 0.3 is 0 Å². The monoisotopic (exact) mass is 363 g/mol. The predicted octanol–water partition coefficient (Wildman–Crippen LogP) is 3.62. The Labute approximate surface area is 159 Å². The van der Waals surface area contributed by atoms with E-state index in [1.807, 2.05) is 54.5 Å². The van der Waals surface area contributed by atoms with E-state index in [0.717, 1.165) is 48.8 Å². The molecule has 1 saturated heterocycles. The van der Waals surface area contributed by atoms with Gasteiger partial charge in [0.05, 0.1) is 0 Å². The highest BCUT2D eigenvalue weighted by molar-refractivity contribution is 5.94. The lowest BCUT2D eigenvalue weighted by molar-refractivity contribution is 0.0697. The topological polar surface area (TPSA) is 66.8 Å². The lowest BCUT2D eigenvalue weighted by Gasteiger charge is -2.32. The summed E-state index contributed by atoms with van der Waals surface area (Å²) in [6.07, 6.45) is 5.92. The summed E-state index contributed by atoms with van der Waals surface area (Å²) >= 11 is 0. The van der Waals surface area contributed by atoms with Crippen molar-refractivity contribution in [2.24, 2.45) is 0 Å².